The smallest absolute Gasteiger partial charge is 0.330 e. The number of benzene rings is 2. The van der Waals surface area contributed by atoms with Crippen LogP contribution < -0.4 is 5.73 Å². The zero-order chi connectivity index (χ0) is 24.2. The largest absolute Gasteiger partial charge is 0.454 e. The molecule has 176 valence electrons. The fourth-order valence-electron chi connectivity index (χ4n) is 4.34. The van der Waals surface area contributed by atoms with Crippen molar-refractivity contribution in [1.29, 1.82) is 0 Å². The van der Waals surface area contributed by atoms with Gasteiger partial charge >= 0.3 is 5.97 Å². The molecule has 1 atom stereocenters. The maximum atomic E-state index is 13.1. The third-order valence-corrected chi connectivity index (χ3v) is 6.27. The third kappa shape index (κ3) is 4.68. The zero-order valence-electron chi connectivity index (χ0n) is 18.5. The van der Waals surface area contributed by atoms with Gasteiger partial charge in [0.25, 0.3) is 17.7 Å². The molecule has 2 heterocycles. The van der Waals surface area contributed by atoms with Crippen LogP contribution in [0.1, 0.15) is 39.1 Å². The Balaban J connectivity index is 1.47. The van der Waals surface area contributed by atoms with E-state index in [1.165, 1.54) is 4.90 Å². The quantitative estimate of drug-likeness (QED) is 0.485. The maximum absolute atomic E-state index is 13.1. The fourth-order valence-corrected chi connectivity index (χ4v) is 4.34. The van der Waals surface area contributed by atoms with Crippen LogP contribution in [-0.2, 0) is 25.5 Å². The van der Waals surface area contributed by atoms with Crippen molar-refractivity contribution >= 4 is 29.6 Å². The lowest BCUT2D eigenvalue weighted by Crippen LogP contribution is -2.48. The molecule has 0 aliphatic carbocycles. The molecule has 0 spiro atoms. The van der Waals surface area contributed by atoms with Crippen LogP contribution in [-0.4, -0.2) is 65.1 Å². The minimum atomic E-state index is -1.22. The summed E-state index contributed by atoms with van der Waals surface area (Å²) in [4.78, 5) is 65.4. The van der Waals surface area contributed by atoms with Crippen LogP contribution in [0.15, 0.2) is 54.6 Å². The van der Waals surface area contributed by atoms with E-state index in [0.29, 0.717) is 25.9 Å². The number of fused-ring (bicyclic) bond motifs is 1. The van der Waals surface area contributed by atoms with Crippen molar-refractivity contribution < 1.29 is 28.7 Å². The molecule has 9 nitrogen and oxygen atoms in total. The van der Waals surface area contributed by atoms with E-state index < -0.39 is 36.3 Å². The molecule has 4 rings (SSSR count). The lowest BCUT2D eigenvalue weighted by molar-refractivity contribution is -0.155. The molecule has 2 aliphatic rings. The van der Waals surface area contributed by atoms with Gasteiger partial charge in [-0.25, -0.2) is 4.79 Å². The zero-order valence-corrected chi connectivity index (χ0v) is 18.5. The predicted molar refractivity (Wildman–Crippen MR) is 120 cm³/mol. The number of carbonyl (C=O) groups excluding carboxylic acids is 5. The highest BCUT2D eigenvalue weighted by atomic mass is 16.5. The normalized spacial score (nSPS) is 16.8. The van der Waals surface area contributed by atoms with Gasteiger partial charge in [-0.15, -0.1) is 0 Å². The van der Waals surface area contributed by atoms with Gasteiger partial charge in [0.1, 0.15) is 6.04 Å². The molecule has 0 aromatic heterocycles. The summed E-state index contributed by atoms with van der Waals surface area (Å²) in [5.41, 5.74) is 6.52. The molecule has 2 aromatic rings. The van der Waals surface area contributed by atoms with Gasteiger partial charge in [-0.1, -0.05) is 42.5 Å². The van der Waals surface area contributed by atoms with Crippen LogP contribution in [0.5, 0.6) is 0 Å². The molecule has 0 unspecified atom stereocenters. The second-order valence-corrected chi connectivity index (χ2v) is 8.40. The number of hydrogen-bond acceptors (Lipinski definition) is 6. The second kappa shape index (κ2) is 9.86. The average molecular weight is 463 g/mol. The summed E-state index contributed by atoms with van der Waals surface area (Å²) in [6.45, 7) is 0.167. The van der Waals surface area contributed by atoms with Crippen molar-refractivity contribution in [1.82, 2.24) is 9.80 Å². The first kappa shape index (κ1) is 23.2. The van der Waals surface area contributed by atoms with Crippen LogP contribution in [0.3, 0.4) is 0 Å². The summed E-state index contributed by atoms with van der Waals surface area (Å²) >= 11 is 0. The Morgan fingerprint density at radius 1 is 0.912 bits per heavy atom. The topological polar surface area (TPSA) is 127 Å². The van der Waals surface area contributed by atoms with E-state index in [1.807, 2.05) is 6.07 Å². The molecular formula is C25H25N3O6. The molecule has 1 fully saturated rings. The van der Waals surface area contributed by atoms with Gasteiger partial charge in [0.15, 0.2) is 6.61 Å². The summed E-state index contributed by atoms with van der Waals surface area (Å²) in [6, 6.07) is 14.1. The van der Waals surface area contributed by atoms with Gasteiger partial charge < -0.3 is 15.4 Å². The van der Waals surface area contributed by atoms with Gasteiger partial charge in [0.2, 0.25) is 5.91 Å². The van der Waals surface area contributed by atoms with Crippen molar-refractivity contribution in [2.24, 2.45) is 11.7 Å². The van der Waals surface area contributed by atoms with E-state index in [2.05, 4.69) is 0 Å². The van der Waals surface area contributed by atoms with Crippen molar-refractivity contribution in [2.75, 3.05) is 19.7 Å². The molecular weight excluding hydrogens is 438 g/mol. The fraction of sp³-hybridized carbons (Fsp3) is 0.320. The molecule has 0 bridgehead atoms. The lowest BCUT2D eigenvalue weighted by atomic mass is 9.96. The lowest BCUT2D eigenvalue weighted by Gasteiger charge is -2.30. The van der Waals surface area contributed by atoms with Gasteiger partial charge in [-0.05, 0) is 30.5 Å². The van der Waals surface area contributed by atoms with Gasteiger partial charge in [-0.2, -0.15) is 0 Å². The third-order valence-electron chi connectivity index (χ3n) is 6.27. The molecule has 2 N–H and O–H groups in total. The summed E-state index contributed by atoms with van der Waals surface area (Å²) < 4.78 is 5.31. The first-order valence-electron chi connectivity index (χ1n) is 11.1. The highest BCUT2D eigenvalue weighted by molar-refractivity contribution is 6.22. The van der Waals surface area contributed by atoms with Crippen LogP contribution in [0, 0.1) is 5.92 Å². The van der Waals surface area contributed by atoms with Crippen LogP contribution in [0.4, 0.5) is 0 Å². The number of carbonyl (C=O) groups is 5. The molecule has 1 saturated heterocycles. The Labute approximate surface area is 196 Å². The number of ether oxygens (including phenoxy) is 1. The predicted octanol–water partition coefficient (Wildman–Crippen LogP) is 1.16. The number of rotatable bonds is 7. The number of primary amides is 1. The van der Waals surface area contributed by atoms with Crippen LogP contribution >= 0.6 is 0 Å². The number of piperidine rings is 1. The summed E-state index contributed by atoms with van der Waals surface area (Å²) in [5.74, 6) is -3.04. The van der Waals surface area contributed by atoms with Gasteiger partial charge in [0, 0.05) is 25.4 Å². The Morgan fingerprint density at radius 3 is 2.03 bits per heavy atom. The van der Waals surface area contributed by atoms with E-state index in [4.69, 9.17) is 10.5 Å². The van der Waals surface area contributed by atoms with Gasteiger partial charge in [0.05, 0.1) is 11.1 Å². The molecule has 0 saturated carbocycles. The Kier molecular flexibility index (Phi) is 6.72. The van der Waals surface area contributed by atoms with E-state index in [-0.39, 0.29) is 29.4 Å². The second-order valence-electron chi connectivity index (χ2n) is 8.40. The number of amides is 4. The highest BCUT2D eigenvalue weighted by Gasteiger charge is 2.43. The van der Waals surface area contributed by atoms with Crippen molar-refractivity contribution in [2.45, 2.75) is 25.3 Å². The number of nitrogens with two attached hydrogens (primary N) is 1. The number of imide groups is 1. The first-order valence-corrected chi connectivity index (χ1v) is 11.1. The minimum Gasteiger partial charge on any atom is -0.454 e. The number of hydrogen-bond donors (Lipinski definition) is 1. The summed E-state index contributed by atoms with van der Waals surface area (Å²) in [7, 11) is 0. The van der Waals surface area contributed by atoms with Crippen molar-refractivity contribution in [3.05, 3.63) is 71.3 Å². The standard InChI is InChI=1S/C25H25N3O6/c26-22(30)17-10-12-27(13-11-17)21(29)15-34-25(33)20(14-16-6-2-1-3-7-16)28-23(31)18-8-4-5-9-19(18)24(28)32/h1-9,17,20H,10-15H2,(H2,26,30)/t20-/m0/s1. The minimum absolute atomic E-state index is 0.0589. The van der Waals surface area contributed by atoms with Crippen molar-refractivity contribution in [3.8, 4) is 0 Å². The molecule has 4 amide bonds. The monoisotopic (exact) mass is 463 g/mol. The van der Waals surface area contributed by atoms with E-state index in [9.17, 15) is 24.0 Å². The Bertz CT molecular complexity index is 1090. The number of esters is 1. The SMILES string of the molecule is NC(=O)C1CCN(C(=O)COC(=O)[C@H](Cc2ccccc2)N2C(=O)c3ccccc3C2=O)CC1. The molecule has 2 aliphatic heterocycles. The Hall–Kier alpha value is -4.01. The van der Waals surface area contributed by atoms with E-state index >= 15 is 0 Å². The maximum Gasteiger partial charge on any atom is 0.330 e. The van der Waals surface area contributed by atoms with E-state index in [0.717, 1.165) is 10.5 Å². The molecule has 34 heavy (non-hydrogen) atoms. The van der Waals surface area contributed by atoms with Crippen LogP contribution in [0.25, 0.3) is 0 Å². The Morgan fingerprint density at radius 2 is 1.47 bits per heavy atom. The number of nitrogens with zero attached hydrogens (tertiary/aromatic N) is 2. The summed E-state index contributed by atoms with van der Waals surface area (Å²) in [5, 5.41) is 0. The molecule has 9 heteroatoms. The first-order chi connectivity index (χ1) is 16.4. The number of likely N-dealkylation sites (tertiary alicyclic amines) is 1. The van der Waals surface area contributed by atoms with Crippen LogP contribution in [0.2, 0.25) is 0 Å². The molecule has 2 aromatic carbocycles. The van der Waals surface area contributed by atoms with E-state index in [1.54, 1.807) is 48.5 Å². The highest BCUT2D eigenvalue weighted by Crippen LogP contribution is 2.26. The summed E-state index contributed by atoms with van der Waals surface area (Å²) in [6.07, 6.45) is 0.977. The van der Waals surface area contributed by atoms with Gasteiger partial charge in [-0.3, -0.25) is 24.1 Å². The molecule has 0 radical (unpaired) electrons. The average Bonchev–Trinajstić information content (AvgIpc) is 3.11. The van der Waals surface area contributed by atoms with Crippen molar-refractivity contribution in [3.63, 3.8) is 0 Å².